The number of hydrogen-bond acceptors (Lipinski definition) is 4. The number of halogens is 1. The van der Waals surface area contributed by atoms with Crippen molar-refractivity contribution in [2.75, 3.05) is 6.54 Å². The number of amides is 1. The third-order valence-electron chi connectivity index (χ3n) is 4.53. The van der Waals surface area contributed by atoms with E-state index in [1.165, 1.54) is 5.01 Å². The summed E-state index contributed by atoms with van der Waals surface area (Å²) in [5.74, 6) is -1.24. The zero-order valence-corrected chi connectivity index (χ0v) is 15.0. The molecule has 2 unspecified atom stereocenters. The summed E-state index contributed by atoms with van der Waals surface area (Å²) < 4.78 is 0. The molecule has 0 N–H and O–H groups in total. The van der Waals surface area contributed by atoms with Crippen LogP contribution in [0.25, 0.3) is 0 Å². The molecule has 1 aliphatic rings. The Hall–Kier alpha value is -2.73. The van der Waals surface area contributed by atoms with Crippen molar-refractivity contribution in [1.82, 2.24) is 5.01 Å². The van der Waals surface area contributed by atoms with E-state index in [-0.39, 0.29) is 6.54 Å². The van der Waals surface area contributed by atoms with Crippen molar-refractivity contribution in [2.45, 2.75) is 24.3 Å². The van der Waals surface area contributed by atoms with Crippen LogP contribution in [0.3, 0.4) is 0 Å². The van der Waals surface area contributed by atoms with Crippen LogP contribution in [0, 0.1) is 10.1 Å². The lowest BCUT2D eigenvalue weighted by molar-refractivity contribution is -0.483. The largest absolute Gasteiger partial charge is 0.270 e. The Bertz CT molecular complexity index is 842. The molecule has 2 aromatic rings. The van der Waals surface area contributed by atoms with Crippen molar-refractivity contribution in [1.29, 1.82) is 0 Å². The summed E-state index contributed by atoms with van der Waals surface area (Å²) >= 11 is 6.75. The first kappa shape index (κ1) is 18.1. The van der Waals surface area contributed by atoms with Crippen molar-refractivity contribution in [2.24, 2.45) is 5.10 Å². The summed E-state index contributed by atoms with van der Waals surface area (Å²) in [6.07, 6.45) is 0. The molecule has 1 heterocycles. The second kappa shape index (κ2) is 7.25. The number of benzene rings is 2. The van der Waals surface area contributed by atoms with Crippen LogP contribution in [0.1, 0.15) is 24.0 Å². The fourth-order valence-electron chi connectivity index (χ4n) is 3.20. The number of alkyl halides is 1. The van der Waals surface area contributed by atoms with E-state index in [9.17, 15) is 14.9 Å². The first-order valence-electron chi connectivity index (χ1n) is 8.20. The van der Waals surface area contributed by atoms with E-state index in [0.717, 1.165) is 5.56 Å². The van der Waals surface area contributed by atoms with Gasteiger partial charge in [-0.15, -0.1) is 11.6 Å². The maximum atomic E-state index is 13.1. The van der Waals surface area contributed by atoms with Gasteiger partial charge in [-0.25, -0.2) is 5.01 Å². The first-order chi connectivity index (χ1) is 12.4. The monoisotopic (exact) mass is 371 g/mol. The highest BCUT2D eigenvalue weighted by atomic mass is 35.5. The Morgan fingerprint density at radius 3 is 2.31 bits per heavy atom. The molecule has 0 spiro atoms. The highest BCUT2D eigenvalue weighted by Crippen LogP contribution is 2.41. The van der Waals surface area contributed by atoms with Gasteiger partial charge in [0.2, 0.25) is 6.54 Å². The molecule has 0 aliphatic carbocycles. The molecular weight excluding hydrogens is 354 g/mol. The number of hydrazone groups is 1. The van der Waals surface area contributed by atoms with Gasteiger partial charge in [0, 0.05) is 4.92 Å². The van der Waals surface area contributed by atoms with Crippen LogP contribution in [-0.2, 0) is 11.3 Å². The summed E-state index contributed by atoms with van der Waals surface area (Å²) in [5, 5.41) is 16.9. The highest BCUT2D eigenvalue weighted by molar-refractivity contribution is 6.49. The zero-order chi connectivity index (χ0) is 18.7. The van der Waals surface area contributed by atoms with Crippen LogP contribution in [0.5, 0.6) is 0 Å². The molecular formula is C19H18ClN3O3. The van der Waals surface area contributed by atoms with Gasteiger partial charge in [-0.3, -0.25) is 14.9 Å². The molecule has 1 aliphatic heterocycles. The molecule has 0 saturated heterocycles. The Morgan fingerprint density at radius 1 is 1.15 bits per heavy atom. The van der Waals surface area contributed by atoms with E-state index in [4.69, 9.17) is 11.6 Å². The van der Waals surface area contributed by atoms with Crippen molar-refractivity contribution >= 4 is 23.2 Å². The predicted octanol–water partition coefficient (Wildman–Crippen LogP) is 3.44. The Morgan fingerprint density at radius 2 is 1.73 bits per heavy atom. The van der Waals surface area contributed by atoms with E-state index in [1.807, 2.05) is 36.4 Å². The fourth-order valence-corrected chi connectivity index (χ4v) is 3.53. The van der Waals surface area contributed by atoms with Gasteiger partial charge >= 0.3 is 0 Å². The van der Waals surface area contributed by atoms with Crippen LogP contribution in [0.15, 0.2) is 65.8 Å². The Labute approximate surface area is 156 Å². The van der Waals surface area contributed by atoms with Crippen molar-refractivity contribution in [3.63, 3.8) is 0 Å². The van der Waals surface area contributed by atoms with Gasteiger partial charge in [-0.2, -0.15) is 5.10 Å². The topological polar surface area (TPSA) is 75.8 Å². The van der Waals surface area contributed by atoms with Gasteiger partial charge in [0.05, 0.1) is 18.2 Å². The van der Waals surface area contributed by atoms with Crippen molar-refractivity contribution in [3.8, 4) is 0 Å². The third kappa shape index (κ3) is 3.32. The number of carbonyl (C=O) groups is 1. The minimum absolute atomic E-state index is 0.269. The van der Waals surface area contributed by atoms with Gasteiger partial charge in [-0.1, -0.05) is 60.7 Å². The maximum absolute atomic E-state index is 13.1. The molecule has 26 heavy (non-hydrogen) atoms. The van der Waals surface area contributed by atoms with Crippen molar-refractivity contribution < 1.29 is 9.72 Å². The predicted molar refractivity (Wildman–Crippen MR) is 99.7 cm³/mol. The molecule has 1 amide bonds. The van der Waals surface area contributed by atoms with E-state index < -0.39 is 28.2 Å². The van der Waals surface area contributed by atoms with E-state index >= 15 is 0 Å². The molecule has 7 heteroatoms. The molecule has 0 bridgehead atoms. The van der Waals surface area contributed by atoms with E-state index in [1.54, 1.807) is 31.2 Å². The zero-order valence-electron chi connectivity index (χ0n) is 14.2. The van der Waals surface area contributed by atoms with E-state index in [2.05, 4.69) is 5.10 Å². The molecule has 134 valence electrons. The number of carbonyl (C=O) groups excluding carboxylic acids is 1. The van der Waals surface area contributed by atoms with Gasteiger partial charge in [-0.05, 0) is 18.1 Å². The average molecular weight is 372 g/mol. The quantitative estimate of drug-likeness (QED) is 0.443. The average Bonchev–Trinajstić information content (AvgIpc) is 2.85. The van der Waals surface area contributed by atoms with Gasteiger partial charge in [0.15, 0.2) is 4.87 Å². The van der Waals surface area contributed by atoms with E-state index in [0.29, 0.717) is 11.3 Å². The summed E-state index contributed by atoms with van der Waals surface area (Å²) in [7, 11) is 0. The molecule has 2 atom stereocenters. The lowest BCUT2D eigenvalue weighted by Gasteiger charge is -2.28. The summed E-state index contributed by atoms with van der Waals surface area (Å²) in [6.45, 7) is 1.46. The molecule has 6 nitrogen and oxygen atoms in total. The summed E-state index contributed by atoms with van der Waals surface area (Å²) in [4.78, 5) is 22.3. The minimum atomic E-state index is -1.57. The highest BCUT2D eigenvalue weighted by Gasteiger charge is 2.55. The number of hydrogen-bond donors (Lipinski definition) is 0. The number of nitrogens with zero attached hydrogens (tertiary/aromatic N) is 3. The number of rotatable bonds is 6. The fraction of sp³-hybridized carbons (Fsp3) is 0.263. The van der Waals surface area contributed by atoms with Crippen LogP contribution < -0.4 is 0 Å². The molecule has 0 saturated carbocycles. The Balaban J connectivity index is 1.95. The molecule has 0 fully saturated rings. The van der Waals surface area contributed by atoms with Gasteiger partial charge in [0.1, 0.15) is 0 Å². The lowest BCUT2D eigenvalue weighted by Crippen LogP contribution is -2.47. The van der Waals surface area contributed by atoms with Crippen LogP contribution in [-0.4, -0.2) is 33.0 Å². The molecule has 0 radical (unpaired) electrons. The van der Waals surface area contributed by atoms with Crippen LogP contribution >= 0.6 is 11.6 Å². The first-order valence-corrected chi connectivity index (χ1v) is 8.58. The summed E-state index contributed by atoms with van der Waals surface area (Å²) in [6, 6.07) is 18.3. The second-order valence-electron chi connectivity index (χ2n) is 6.22. The molecule has 2 aromatic carbocycles. The molecule has 0 aromatic heterocycles. The van der Waals surface area contributed by atoms with Gasteiger partial charge in [0.25, 0.3) is 5.91 Å². The smallest absolute Gasteiger partial charge is 0.270 e. The third-order valence-corrected chi connectivity index (χ3v) is 5.23. The summed E-state index contributed by atoms with van der Waals surface area (Å²) in [5.41, 5.74) is 1.92. The standard InChI is InChI=1S/C19H18ClN3O3/c1-14-19(20,17(13-23(25)26)16-10-6-3-7-11-16)18(24)22(21-14)12-15-8-4-2-5-9-15/h2-11,17H,12-13H2,1H3. The maximum Gasteiger partial charge on any atom is 0.270 e. The lowest BCUT2D eigenvalue weighted by atomic mass is 9.82. The second-order valence-corrected chi connectivity index (χ2v) is 6.82. The SMILES string of the molecule is CC1=NN(Cc2ccccc2)C(=O)C1(Cl)C(C[N+](=O)[O-])c1ccccc1. The minimum Gasteiger partial charge on any atom is -0.270 e. The van der Waals surface area contributed by atoms with Crippen LogP contribution in [0.2, 0.25) is 0 Å². The normalized spacial score (nSPS) is 20.8. The van der Waals surface area contributed by atoms with Gasteiger partial charge < -0.3 is 0 Å². The Kier molecular flexibility index (Phi) is 5.04. The van der Waals surface area contributed by atoms with Crippen LogP contribution in [0.4, 0.5) is 0 Å². The molecule has 3 rings (SSSR count). The van der Waals surface area contributed by atoms with Crippen molar-refractivity contribution in [3.05, 3.63) is 81.9 Å². The number of nitro groups is 1.